The fraction of sp³-hybridized carbons (Fsp3) is 0.292. The summed E-state index contributed by atoms with van der Waals surface area (Å²) in [6, 6.07) is 17.1. The van der Waals surface area contributed by atoms with Gasteiger partial charge in [-0.2, -0.15) is 0 Å². The molecule has 0 radical (unpaired) electrons. The van der Waals surface area contributed by atoms with E-state index in [9.17, 15) is 14.4 Å². The van der Waals surface area contributed by atoms with Crippen molar-refractivity contribution in [1.82, 2.24) is 10.6 Å². The van der Waals surface area contributed by atoms with Crippen LogP contribution in [-0.2, 0) is 32.0 Å². The smallest absolute Gasteiger partial charge is 0.328 e. The molecule has 0 aliphatic heterocycles. The van der Waals surface area contributed by atoms with Crippen LogP contribution in [-0.4, -0.2) is 37.0 Å². The van der Waals surface area contributed by atoms with Gasteiger partial charge in [0.1, 0.15) is 12.1 Å². The normalized spacial score (nSPS) is 12.3. The quantitative estimate of drug-likeness (QED) is 0.442. The highest BCUT2D eigenvalue weighted by atomic mass is 16.5. The van der Waals surface area contributed by atoms with Crippen molar-refractivity contribution in [1.29, 1.82) is 0 Å². The van der Waals surface area contributed by atoms with E-state index in [4.69, 9.17) is 4.74 Å². The summed E-state index contributed by atoms with van der Waals surface area (Å²) in [5.41, 5.74) is 1.79. The Kier molecular flexibility index (Phi) is 9.31. The van der Waals surface area contributed by atoms with E-state index in [1.54, 1.807) is 6.08 Å². The summed E-state index contributed by atoms with van der Waals surface area (Å²) in [5, 5.41) is 5.53. The number of rotatable bonds is 11. The molecule has 2 rings (SSSR count). The zero-order valence-corrected chi connectivity index (χ0v) is 17.2. The van der Waals surface area contributed by atoms with Gasteiger partial charge in [0.15, 0.2) is 0 Å². The Labute approximate surface area is 177 Å². The Morgan fingerprint density at radius 3 is 1.93 bits per heavy atom. The Morgan fingerprint density at radius 1 is 0.900 bits per heavy atom. The third-order valence-electron chi connectivity index (χ3n) is 4.59. The molecule has 2 N–H and O–H groups in total. The van der Waals surface area contributed by atoms with Crippen LogP contribution in [0.2, 0.25) is 0 Å². The van der Waals surface area contributed by atoms with E-state index in [1.165, 1.54) is 7.11 Å². The monoisotopic (exact) mass is 408 g/mol. The second kappa shape index (κ2) is 12.2. The molecule has 0 aliphatic carbocycles. The minimum absolute atomic E-state index is 0.243. The molecular formula is C24H28N2O4. The van der Waals surface area contributed by atoms with Gasteiger partial charge in [0.05, 0.1) is 7.11 Å². The molecule has 2 aromatic rings. The van der Waals surface area contributed by atoms with Crippen molar-refractivity contribution in [3.63, 3.8) is 0 Å². The molecule has 0 spiro atoms. The van der Waals surface area contributed by atoms with E-state index >= 15 is 0 Å². The molecule has 0 bridgehead atoms. The highest BCUT2D eigenvalue weighted by molar-refractivity contribution is 5.91. The Balaban J connectivity index is 2.14. The average Bonchev–Trinajstić information content (AvgIpc) is 2.77. The summed E-state index contributed by atoms with van der Waals surface area (Å²) >= 11 is 0. The maximum atomic E-state index is 13.0. The van der Waals surface area contributed by atoms with Crippen LogP contribution in [0.1, 0.15) is 24.0 Å². The van der Waals surface area contributed by atoms with Crippen molar-refractivity contribution in [2.45, 2.75) is 37.8 Å². The molecule has 0 unspecified atom stereocenters. The van der Waals surface area contributed by atoms with Gasteiger partial charge in [0, 0.05) is 19.3 Å². The summed E-state index contributed by atoms with van der Waals surface area (Å²) in [5.74, 6) is -1.22. The number of benzene rings is 2. The number of carbonyl (C=O) groups excluding carboxylic acids is 3. The summed E-state index contributed by atoms with van der Waals surface area (Å²) in [6.45, 7) is 3.61. The van der Waals surface area contributed by atoms with Crippen molar-refractivity contribution in [3.05, 3.63) is 84.4 Å². The first-order valence-corrected chi connectivity index (χ1v) is 9.89. The zero-order chi connectivity index (χ0) is 21.8. The highest BCUT2D eigenvalue weighted by Crippen LogP contribution is 2.08. The van der Waals surface area contributed by atoms with E-state index in [2.05, 4.69) is 17.2 Å². The number of esters is 1. The van der Waals surface area contributed by atoms with Crippen LogP contribution in [0.3, 0.4) is 0 Å². The van der Waals surface area contributed by atoms with E-state index in [-0.39, 0.29) is 12.3 Å². The van der Waals surface area contributed by atoms with E-state index < -0.39 is 24.0 Å². The molecular weight excluding hydrogens is 380 g/mol. The molecule has 30 heavy (non-hydrogen) atoms. The first kappa shape index (κ1) is 22.9. The van der Waals surface area contributed by atoms with Crippen molar-refractivity contribution in [2.75, 3.05) is 7.11 Å². The number of hydrogen-bond donors (Lipinski definition) is 2. The van der Waals surface area contributed by atoms with Crippen LogP contribution in [0.15, 0.2) is 73.3 Å². The minimum Gasteiger partial charge on any atom is -0.467 e. The lowest BCUT2D eigenvalue weighted by molar-refractivity contribution is -0.145. The van der Waals surface area contributed by atoms with Crippen molar-refractivity contribution >= 4 is 17.8 Å². The first-order chi connectivity index (χ1) is 14.5. The van der Waals surface area contributed by atoms with Crippen LogP contribution in [0.25, 0.3) is 0 Å². The number of nitrogens with one attached hydrogen (secondary N) is 2. The summed E-state index contributed by atoms with van der Waals surface area (Å²) < 4.78 is 4.87. The highest BCUT2D eigenvalue weighted by Gasteiger charge is 2.27. The molecule has 158 valence electrons. The second-order valence-electron chi connectivity index (χ2n) is 6.91. The maximum absolute atomic E-state index is 13.0. The molecule has 0 fully saturated rings. The molecule has 2 atom stereocenters. The van der Waals surface area contributed by atoms with Gasteiger partial charge in [0.2, 0.25) is 11.8 Å². The van der Waals surface area contributed by atoms with Crippen LogP contribution in [0.5, 0.6) is 0 Å². The third kappa shape index (κ3) is 7.54. The largest absolute Gasteiger partial charge is 0.467 e. The van der Waals surface area contributed by atoms with Crippen molar-refractivity contribution in [2.24, 2.45) is 0 Å². The lowest BCUT2D eigenvalue weighted by Crippen LogP contribution is -2.53. The standard InChI is InChI=1S/C24H28N2O4/c1-3-4-15-22(27)25-20(16-18-11-7-5-8-12-18)23(28)26-21(24(29)30-2)17-19-13-9-6-10-14-19/h3,5-14,20-21H,1,4,15-17H2,2H3,(H,25,27)(H,26,28)/t20-,21-/m0/s1. The first-order valence-electron chi connectivity index (χ1n) is 9.89. The van der Waals surface area contributed by atoms with Gasteiger partial charge in [-0.3, -0.25) is 9.59 Å². The van der Waals surface area contributed by atoms with Crippen LogP contribution in [0, 0.1) is 0 Å². The van der Waals surface area contributed by atoms with Gasteiger partial charge >= 0.3 is 5.97 Å². The molecule has 2 amide bonds. The SMILES string of the molecule is C=CCCC(=O)N[C@@H](Cc1ccccc1)C(=O)N[C@@H](Cc1ccccc1)C(=O)OC. The third-order valence-corrected chi connectivity index (χ3v) is 4.59. The van der Waals surface area contributed by atoms with Gasteiger partial charge in [-0.25, -0.2) is 4.79 Å². The fourth-order valence-electron chi connectivity index (χ4n) is 3.02. The van der Waals surface area contributed by atoms with Crippen LogP contribution in [0.4, 0.5) is 0 Å². The number of methoxy groups -OCH3 is 1. The summed E-state index contributed by atoms with van der Waals surface area (Å²) in [7, 11) is 1.28. The summed E-state index contributed by atoms with van der Waals surface area (Å²) in [6.07, 6.45) is 3.02. The molecule has 6 heteroatoms. The minimum atomic E-state index is -0.853. The van der Waals surface area contributed by atoms with Crippen LogP contribution >= 0.6 is 0 Å². The van der Waals surface area contributed by atoms with Gasteiger partial charge in [0.25, 0.3) is 0 Å². The van der Waals surface area contributed by atoms with Gasteiger partial charge in [-0.15, -0.1) is 6.58 Å². The van der Waals surface area contributed by atoms with Gasteiger partial charge in [-0.1, -0.05) is 66.7 Å². The molecule has 0 aromatic heterocycles. The van der Waals surface area contributed by atoms with Crippen molar-refractivity contribution in [3.8, 4) is 0 Å². The van der Waals surface area contributed by atoms with E-state index in [1.807, 2.05) is 60.7 Å². The Bertz CT molecular complexity index is 837. The lowest BCUT2D eigenvalue weighted by atomic mass is 10.0. The van der Waals surface area contributed by atoms with Crippen LogP contribution < -0.4 is 10.6 Å². The van der Waals surface area contributed by atoms with E-state index in [0.29, 0.717) is 19.3 Å². The Hall–Kier alpha value is -3.41. The van der Waals surface area contributed by atoms with Gasteiger partial charge in [-0.05, 0) is 17.5 Å². The molecule has 0 aliphatic rings. The maximum Gasteiger partial charge on any atom is 0.328 e. The predicted octanol–water partition coefficient (Wildman–Crippen LogP) is 2.58. The zero-order valence-electron chi connectivity index (χ0n) is 17.2. The average molecular weight is 408 g/mol. The predicted molar refractivity (Wildman–Crippen MR) is 116 cm³/mol. The number of carbonyl (C=O) groups is 3. The fourth-order valence-corrected chi connectivity index (χ4v) is 3.02. The molecule has 0 heterocycles. The molecule has 0 saturated heterocycles. The van der Waals surface area contributed by atoms with E-state index in [0.717, 1.165) is 11.1 Å². The van der Waals surface area contributed by atoms with Gasteiger partial charge < -0.3 is 15.4 Å². The molecule has 2 aromatic carbocycles. The number of amides is 2. The second-order valence-corrected chi connectivity index (χ2v) is 6.91. The summed E-state index contributed by atoms with van der Waals surface area (Å²) in [4.78, 5) is 37.5. The lowest BCUT2D eigenvalue weighted by Gasteiger charge is -2.22. The van der Waals surface area contributed by atoms with Crippen molar-refractivity contribution < 1.29 is 19.1 Å². The molecule has 6 nitrogen and oxygen atoms in total. The topological polar surface area (TPSA) is 84.5 Å². The number of allylic oxidation sites excluding steroid dienone is 1. The molecule has 0 saturated carbocycles. The number of hydrogen-bond acceptors (Lipinski definition) is 4. The number of ether oxygens (including phenoxy) is 1. The Morgan fingerprint density at radius 2 is 1.43 bits per heavy atom.